The van der Waals surface area contributed by atoms with Gasteiger partial charge in [-0.1, -0.05) is 19.9 Å². The van der Waals surface area contributed by atoms with Gasteiger partial charge in [-0.3, -0.25) is 9.78 Å². The maximum atomic E-state index is 11.4. The van der Waals surface area contributed by atoms with Crippen LogP contribution in [0.2, 0.25) is 0 Å². The molecule has 1 heterocycles. The summed E-state index contributed by atoms with van der Waals surface area (Å²) in [6.45, 7) is 4.00. The number of hydrogen-bond acceptors (Lipinski definition) is 4. The zero-order valence-electron chi connectivity index (χ0n) is 9.01. The van der Waals surface area contributed by atoms with Crippen LogP contribution in [-0.4, -0.2) is 17.0 Å². The van der Waals surface area contributed by atoms with Crippen LogP contribution in [0.25, 0.3) is 0 Å². The number of aromatic nitrogens is 1. The normalized spacial score (nSPS) is 12.5. The molecule has 0 bridgehead atoms. The van der Waals surface area contributed by atoms with Gasteiger partial charge in [0.05, 0.1) is 0 Å². The lowest BCUT2D eigenvalue weighted by atomic mass is 10.1. The van der Waals surface area contributed by atoms with Crippen LogP contribution in [-0.2, 0) is 16.1 Å². The van der Waals surface area contributed by atoms with Crippen molar-refractivity contribution in [3.63, 3.8) is 0 Å². The van der Waals surface area contributed by atoms with Crippen molar-refractivity contribution in [3.05, 3.63) is 30.1 Å². The average Bonchev–Trinajstić information content (AvgIpc) is 2.26. The first-order chi connectivity index (χ1) is 7.11. The molecule has 0 amide bonds. The number of carbonyl (C=O) groups is 1. The van der Waals surface area contributed by atoms with Crippen LogP contribution in [0.3, 0.4) is 0 Å². The number of esters is 1. The molecular weight excluding hydrogens is 192 g/mol. The van der Waals surface area contributed by atoms with Crippen LogP contribution in [0, 0.1) is 5.92 Å². The van der Waals surface area contributed by atoms with Crippen molar-refractivity contribution in [2.24, 2.45) is 11.7 Å². The van der Waals surface area contributed by atoms with Gasteiger partial charge < -0.3 is 10.5 Å². The fourth-order valence-electron chi connectivity index (χ4n) is 1.01. The highest BCUT2D eigenvalue weighted by atomic mass is 16.5. The van der Waals surface area contributed by atoms with E-state index >= 15 is 0 Å². The van der Waals surface area contributed by atoms with E-state index in [1.54, 1.807) is 18.5 Å². The van der Waals surface area contributed by atoms with E-state index in [2.05, 4.69) is 4.98 Å². The molecule has 0 aromatic carbocycles. The van der Waals surface area contributed by atoms with Crippen molar-refractivity contribution < 1.29 is 9.53 Å². The van der Waals surface area contributed by atoms with Crippen molar-refractivity contribution in [2.75, 3.05) is 0 Å². The summed E-state index contributed by atoms with van der Waals surface area (Å²) in [6, 6.07) is 3.09. The second-order valence-electron chi connectivity index (χ2n) is 3.74. The molecule has 4 nitrogen and oxygen atoms in total. The Morgan fingerprint density at radius 3 is 2.87 bits per heavy atom. The fraction of sp³-hybridized carbons (Fsp3) is 0.455. The zero-order chi connectivity index (χ0) is 11.3. The van der Waals surface area contributed by atoms with E-state index in [0.717, 1.165) is 5.56 Å². The Labute approximate surface area is 89.5 Å². The zero-order valence-corrected chi connectivity index (χ0v) is 9.01. The Kier molecular flexibility index (Phi) is 4.24. The van der Waals surface area contributed by atoms with E-state index in [0.29, 0.717) is 0 Å². The first-order valence-corrected chi connectivity index (χ1v) is 4.92. The fourth-order valence-corrected chi connectivity index (χ4v) is 1.01. The highest BCUT2D eigenvalue weighted by Crippen LogP contribution is 2.04. The van der Waals surface area contributed by atoms with Crippen LogP contribution in [0.5, 0.6) is 0 Å². The lowest BCUT2D eigenvalue weighted by Gasteiger charge is -2.14. The van der Waals surface area contributed by atoms with Gasteiger partial charge in [-0.15, -0.1) is 0 Å². The molecule has 0 aliphatic heterocycles. The van der Waals surface area contributed by atoms with E-state index in [9.17, 15) is 4.79 Å². The predicted octanol–water partition coefficient (Wildman–Crippen LogP) is 1.11. The maximum Gasteiger partial charge on any atom is 0.323 e. The van der Waals surface area contributed by atoms with E-state index < -0.39 is 6.04 Å². The standard InChI is InChI=1S/C11H16N2O2/c1-8(2)10(12)11(14)15-7-9-4-3-5-13-6-9/h3-6,8,10H,7,12H2,1-2H3/t10-/m0/s1. The SMILES string of the molecule is CC(C)[C@H](N)C(=O)OCc1cccnc1. The minimum Gasteiger partial charge on any atom is -0.460 e. The smallest absolute Gasteiger partial charge is 0.323 e. The molecule has 1 aromatic heterocycles. The van der Waals surface area contributed by atoms with Gasteiger partial charge in [0.1, 0.15) is 12.6 Å². The van der Waals surface area contributed by atoms with Crippen LogP contribution < -0.4 is 5.73 Å². The number of carbonyl (C=O) groups excluding carboxylic acids is 1. The van der Waals surface area contributed by atoms with Crippen molar-refractivity contribution in [3.8, 4) is 0 Å². The van der Waals surface area contributed by atoms with Gasteiger partial charge in [0.15, 0.2) is 0 Å². The summed E-state index contributed by atoms with van der Waals surface area (Å²) in [4.78, 5) is 15.3. The van der Waals surface area contributed by atoms with Crippen molar-refractivity contribution in [1.82, 2.24) is 4.98 Å². The van der Waals surface area contributed by atoms with Crippen LogP contribution >= 0.6 is 0 Å². The van der Waals surface area contributed by atoms with Gasteiger partial charge in [0.25, 0.3) is 0 Å². The molecule has 1 aromatic rings. The molecule has 1 rings (SSSR count). The number of nitrogens with two attached hydrogens (primary N) is 1. The number of rotatable bonds is 4. The minimum atomic E-state index is -0.554. The van der Waals surface area contributed by atoms with E-state index in [-0.39, 0.29) is 18.5 Å². The van der Waals surface area contributed by atoms with Crippen LogP contribution in [0.15, 0.2) is 24.5 Å². The molecule has 0 unspecified atom stereocenters. The maximum absolute atomic E-state index is 11.4. The van der Waals surface area contributed by atoms with Crippen LogP contribution in [0.1, 0.15) is 19.4 Å². The largest absolute Gasteiger partial charge is 0.460 e. The third-order valence-corrected chi connectivity index (χ3v) is 2.09. The Morgan fingerprint density at radius 2 is 2.33 bits per heavy atom. The van der Waals surface area contributed by atoms with Gasteiger partial charge in [-0.05, 0) is 12.0 Å². The molecule has 15 heavy (non-hydrogen) atoms. The van der Waals surface area contributed by atoms with E-state index in [1.807, 2.05) is 19.9 Å². The lowest BCUT2D eigenvalue weighted by molar-refractivity contribution is -0.147. The Hall–Kier alpha value is -1.42. The van der Waals surface area contributed by atoms with Crippen molar-refractivity contribution in [1.29, 1.82) is 0 Å². The van der Waals surface area contributed by atoms with Gasteiger partial charge in [0, 0.05) is 18.0 Å². The third-order valence-electron chi connectivity index (χ3n) is 2.09. The molecule has 0 aliphatic rings. The minimum absolute atomic E-state index is 0.0893. The summed E-state index contributed by atoms with van der Waals surface area (Å²) in [6.07, 6.45) is 3.33. The van der Waals surface area contributed by atoms with Crippen molar-refractivity contribution >= 4 is 5.97 Å². The van der Waals surface area contributed by atoms with Gasteiger partial charge >= 0.3 is 5.97 Å². The molecular formula is C11H16N2O2. The van der Waals surface area contributed by atoms with Gasteiger partial charge in [-0.25, -0.2) is 0 Å². The number of hydrogen-bond donors (Lipinski definition) is 1. The molecule has 0 fully saturated rings. The molecule has 0 saturated heterocycles. The molecule has 82 valence electrons. The topological polar surface area (TPSA) is 65.2 Å². The second kappa shape index (κ2) is 5.46. The molecule has 2 N–H and O–H groups in total. The predicted molar refractivity (Wildman–Crippen MR) is 56.8 cm³/mol. The second-order valence-corrected chi connectivity index (χ2v) is 3.74. The van der Waals surface area contributed by atoms with Crippen LogP contribution in [0.4, 0.5) is 0 Å². The summed E-state index contributed by atoms with van der Waals surface area (Å²) in [5, 5.41) is 0. The summed E-state index contributed by atoms with van der Waals surface area (Å²) >= 11 is 0. The molecule has 0 aliphatic carbocycles. The van der Waals surface area contributed by atoms with E-state index in [1.165, 1.54) is 0 Å². The molecule has 0 saturated carbocycles. The molecule has 1 atom stereocenters. The third kappa shape index (κ3) is 3.67. The van der Waals surface area contributed by atoms with Crippen molar-refractivity contribution in [2.45, 2.75) is 26.5 Å². The summed E-state index contributed by atoms with van der Waals surface area (Å²) in [7, 11) is 0. The van der Waals surface area contributed by atoms with Gasteiger partial charge in [-0.2, -0.15) is 0 Å². The van der Waals surface area contributed by atoms with Gasteiger partial charge in [0.2, 0.25) is 0 Å². The monoisotopic (exact) mass is 208 g/mol. The first-order valence-electron chi connectivity index (χ1n) is 4.92. The number of pyridine rings is 1. The molecule has 0 radical (unpaired) electrons. The Bertz CT molecular complexity index is 312. The lowest BCUT2D eigenvalue weighted by Crippen LogP contribution is -2.36. The quantitative estimate of drug-likeness (QED) is 0.753. The summed E-state index contributed by atoms with van der Waals surface area (Å²) in [5.74, 6) is -0.278. The average molecular weight is 208 g/mol. The highest BCUT2D eigenvalue weighted by Gasteiger charge is 2.18. The Balaban J connectivity index is 2.41. The summed E-state index contributed by atoms with van der Waals surface area (Å²) < 4.78 is 5.05. The molecule has 0 spiro atoms. The highest BCUT2D eigenvalue weighted by molar-refractivity contribution is 5.75. The number of ether oxygens (including phenoxy) is 1. The Morgan fingerprint density at radius 1 is 1.60 bits per heavy atom. The molecule has 4 heteroatoms. The first kappa shape index (κ1) is 11.7. The number of nitrogens with zero attached hydrogens (tertiary/aromatic N) is 1. The van der Waals surface area contributed by atoms with E-state index in [4.69, 9.17) is 10.5 Å². The summed E-state index contributed by atoms with van der Waals surface area (Å²) in [5.41, 5.74) is 6.50.